The fourth-order valence-electron chi connectivity index (χ4n) is 0.857. The molecule has 1 heterocycles. The Bertz CT molecular complexity index is 286. The molecule has 0 aliphatic carbocycles. The number of ether oxygens (including phenoxy) is 1. The van der Waals surface area contributed by atoms with E-state index in [4.69, 9.17) is 16.3 Å². The van der Waals surface area contributed by atoms with Crippen LogP contribution in [0, 0.1) is 0 Å². The standard InChI is InChI=1S/C9H10ClNO/c1-3-7-6-11-9(10)5-8(7)12-4-2/h3,5-6H,1,4H2,2H3. The number of pyridine rings is 1. The molecule has 0 aromatic carbocycles. The summed E-state index contributed by atoms with van der Waals surface area (Å²) in [6.07, 6.45) is 3.33. The zero-order valence-corrected chi connectivity index (χ0v) is 7.64. The highest BCUT2D eigenvalue weighted by atomic mass is 35.5. The largest absolute Gasteiger partial charge is 0.493 e. The van der Waals surface area contributed by atoms with Crippen molar-refractivity contribution < 1.29 is 4.74 Å². The Labute approximate surface area is 76.8 Å². The number of rotatable bonds is 3. The highest BCUT2D eigenvalue weighted by Crippen LogP contribution is 2.21. The predicted octanol–water partition coefficient (Wildman–Crippen LogP) is 2.78. The smallest absolute Gasteiger partial charge is 0.132 e. The predicted molar refractivity (Wildman–Crippen MR) is 50.5 cm³/mol. The van der Waals surface area contributed by atoms with Crippen LogP contribution < -0.4 is 4.74 Å². The van der Waals surface area contributed by atoms with Crippen LogP contribution in [0.4, 0.5) is 0 Å². The minimum Gasteiger partial charge on any atom is -0.493 e. The normalized spacial score (nSPS) is 9.50. The van der Waals surface area contributed by atoms with Gasteiger partial charge in [0, 0.05) is 17.8 Å². The van der Waals surface area contributed by atoms with Crippen LogP contribution in [0.15, 0.2) is 18.8 Å². The topological polar surface area (TPSA) is 22.1 Å². The van der Waals surface area contributed by atoms with Gasteiger partial charge in [0.05, 0.1) is 6.61 Å². The van der Waals surface area contributed by atoms with Crippen LogP contribution in [0.1, 0.15) is 12.5 Å². The average Bonchev–Trinajstić information content (AvgIpc) is 2.05. The second-order valence-corrected chi connectivity index (χ2v) is 2.57. The summed E-state index contributed by atoms with van der Waals surface area (Å²) in [5, 5.41) is 0.434. The summed E-state index contributed by atoms with van der Waals surface area (Å²) in [4.78, 5) is 3.91. The first-order chi connectivity index (χ1) is 5.77. The van der Waals surface area contributed by atoms with Gasteiger partial charge >= 0.3 is 0 Å². The van der Waals surface area contributed by atoms with Gasteiger partial charge in [-0.3, -0.25) is 0 Å². The Morgan fingerprint density at radius 2 is 2.50 bits per heavy atom. The first-order valence-corrected chi connectivity index (χ1v) is 4.06. The molecule has 12 heavy (non-hydrogen) atoms. The van der Waals surface area contributed by atoms with Gasteiger partial charge in [0.25, 0.3) is 0 Å². The molecule has 1 rings (SSSR count). The third kappa shape index (κ3) is 1.98. The fourth-order valence-corrected chi connectivity index (χ4v) is 1.01. The van der Waals surface area contributed by atoms with Crippen molar-refractivity contribution >= 4 is 17.7 Å². The van der Waals surface area contributed by atoms with Gasteiger partial charge in [-0.2, -0.15) is 0 Å². The zero-order valence-electron chi connectivity index (χ0n) is 6.88. The average molecular weight is 184 g/mol. The van der Waals surface area contributed by atoms with Crippen LogP contribution >= 0.6 is 11.6 Å². The van der Waals surface area contributed by atoms with Gasteiger partial charge in [0.2, 0.25) is 0 Å². The van der Waals surface area contributed by atoms with Crippen molar-refractivity contribution in [3.8, 4) is 5.75 Å². The van der Waals surface area contributed by atoms with Crippen molar-refractivity contribution in [2.24, 2.45) is 0 Å². The summed E-state index contributed by atoms with van der Waals surface area (Å²) < 4.78 is 5.31. The molecule has 0 amide bonds. The number of hydrogen-bond donors (Lipinski definition) is 0. The molecule has 0 unspecified atom stereocenters. The first-order valence-electron chi connectivity index (χ1n) is 3.68. The van der Waals surface area contributed by atoms with Gasteiger partial charge in [0.1, 0.15) is 10.9 Å². The maximum Gasteiger partial charge on any atom is 0.132 e. The summed E-state index contributed by atoms with van der Waals surface area (Å²) in [6.45, 7) is 6.17. The SMILES string of the molecule is C=Cc1cnc(Cl)cc1OCC. The van der Waals surface area contributed by atoms with Crippen LogP contribution in [0.5, 0.6) is 5.75 Å². The Balaban J connectivity index is 3.03. The molecule has 0 atom stereocenters. The third-order valence-corrected chi connectivity index (χ3v) is 1.59. The van der Waals surface area contributed by atoms with E-state index >= 15 is 0 Å². The summed E-state index contributed by atoms with van der Waals surface area (Å²) in [7, 11) is 0. The molecule has 0 radical (unpaired) electrons. The van der Waals surface area contributed by atoms with Gasteiger partial charge < -0.3 is 4.74 Å². The molecule has 0 saturated heterocycles. The maximum absolute atomic E-state index is 5.68. The molecule has 0 fully saturated rings. The molecule has 2 nitrogen and oxygen atoms in total. The number of nitrogens with zero attached hydrogens (tertiary/aromatic N) is 1. The minimum atomic E-state index is 0.434. The monoisotopic (exact) mass is 183 g/mol. The molecule has 64 valence electrons. The molecule has 0 N–H and O–H groups in total. The molecule has 0 spiro atoms. The number of halogens is 1. The molecular formula is C9H10ClNO. The maximum atomic E-state index is 5.68. The van der Waals surface area contributed by atoms with Gasteiger partial charge in [0.15, 0.2) is 0 Å². The molecule has 0 aliphatic rings. The van der Waals surface area contributed by atoms with Crippen LogP contribution in [-0.4, -0.2) is 11.6 Å². The van der Waals surface area contributed by atoms with E-state index < -0.39 is 0 Å². The van der Waals surface area contributed by atoms with Crippen molar-refractivity contribution in [2.75, 3.05) is 6.61 Å². The van der Waals surface area contributed by atoms with Crippen LogP contribution in [-0.2, 0) is 0 Å². The van der Waals surface area contributed by atoms with Crippen molar-refractivity contribution in [3.63, 3.8) is 0 Å². The van der Waals surface area contributed by atoms with Crippen LogP contribution in [0.3, 0.4) is 0 Å². The Morgan fingerprint density at radius 3 is 3.08 bits per heavy atom. The van der Waals surface area contributed by atoms with Crippen LogP contribution in [0.2, 0.25) is 5.15 Å². The van der Waals surface area contributed by atoms with Gasteiger partial charge in [-0.05, 0) is 6.92 Å². The minimum absolute atomic E-state index is 0.434. The van der Waals surface area contributed by atoms with E-state index in [2.05, 4.69) is 11.6 Å². The van der Waals surface area contributed by atoms with E-state index in [9.17, 15) is 0 Å². The fraction of sp³-hybridized carbons (Fsp3) is 0.222. The molecule has 1 aromatic rings. The van der Waals surface area contributed by atoms with Crippen LogP contribution in [0.25, 0.3) is 6.08 Å². The highest BCUT2D eigenvalue weighted by Gasteiger charge is 2.00. The van der Waals surface area contributed by atoms with Crippen molar-refractivity contribution in [2.45, 2.75) is 6.92 Å². The second-order valence-electron chi connectivity index (χ2n) is 2.18. The summed E-state index contributed by atoms with van der Waals surface area (Å²) in [5.74, 6) is 0.729. The molecule has 1 aromatic heterocycles. The van der Waals surface area contributed by atoms with Gasteiger partial charge in [-0.15, -0.1) is 0 Å². The summed E-state index contributed by atoms with van der Waals surface area (Å²) in [6, 6.07) is 1.68. The summed E-state index contributed by atoms with van der Waals surface area (Å²) >= 11 is 5.68. The number of hydrogen-bond acceptors (Lipinski definition) is 2. The second kappa shape index (κ2) is 4.12. The molecule has 0 bridgehead atoms. The van der Waals surface area contributed by atoms with E-state index in [1.54, 1.807) is 18.3 Å². The lowest BCUT2D eigenvalue weighted by atomic mass is 10.2. The van der Waals surface area contributed by atoms with E-state index in [1.807, 2.05) is 6.92 Å². The van der Waals surface area contributed by atoms with E-state index in [-0.39, 0.29) is 0 Å². The van der Waals surface area contributed by atoms with E-state index in [0.29, 0.717) is 11.8 Å². The molecular weight excluding hydrogens is 174 g/mol. The van der Waals surface area contributed by atoms with E-state index in [0.717, 1.165) is 11.3 Å². The lowest BCUT2D eigenvalue weighted by Gasteiger charge is -2.05. The van der Waals surface area contributed by atoms with Crippen molar-refractivity contribution in [1.29, 1.82) is 0 Å². The molecule has 0 saturated carbocycles. The summed E-state index contributed by atoms with van der Waals surface area (Å²) in [5.41, 5.74) is 0.862. The zero-order chi connectivity index (χ0) is 8.97. The Hall–Kier alpha value is -1.02. The molecule has 3 heteroatoms. The highest BCUT2D eigenvalue weighted by molar-refractivity contribution is 6.29. The van der Waals surface area contributed by atoms with Gasteiger partial charge in [-0.25, -0.2) is 4.98 Å². The Morgan fingerprint density at radius 1 is 1.75 bits per heavy atom. The first kappa shape index (κ1) is 9.07. The third-order valence-electron chi connectivity index (χ3n) is 1.38. The number of aromatic nitrogens is 1. The Kier molecular flexibility index (Phi) is 3.11. The van der Waals surface area contributed by atoms with E-state index in [1.165, 1.54) is 0 Å². The lowest BCUT2D eigenvalue weighted by Crippen LogP contribution is -1.94. The lowest BCUT2D eigenvalue weighted by molar-refractivity contribution is 0.339. The molecule has 0 aliphatic heterocycles. The van der Waals surface area contributed by atoms with Crippen molar-refractivity contribution in [3.05, 3.63) is 29.6 Å². The van der Waals surface area contributed by atoms with Gasteiger partial charge in [-0.1, -0.05) is 24.3 Å². The quantitative estimate of drug-likeness (QED) is 0.673. The van der Waals surface area contributed by atoms with Crippen molar-refractivity contribution in [1.82, 2.24) is 4.98 Å².